The summed E-state index contributed by atoms with van der Waals surface area (Å²) in [7, 11) is 0. The molecule has 1 N–H and O–H groups in total. The van der Waals surface area contributed by atoms with Crippen LogP contribution < -0.4 is 10.2 Å². The van der Waals surface area contributed by atoms with Crippen LogP contribution in [0.2, 0.25) is 5.02 Å². The van der Waals surface area contributed by atoms with E-state index in [1.165, 1.54) is 0 Å². The average molecular weight is 462 g/mol. The molecule has 0 atom stereocenters. The first-order valence-corrected chi connectivity index (χ1v) is 9.52. The van der Waals surface area contributed by atoms with Crippen molar-refractivity contribution in [1.29, 1.82) is 0 Å². The van der Waals surface area contributed by atoms with E-state index < -0.39 is 44.8 Å². The Bertz CT molecular complexity index is 987. The Morgan fingerprint density at radius 1 is 1.16 bits per heavy atom. The van der Waals surface area contributed by atoms with E-state index >= 15 is 0 Å². The third-order valence-electron chi connectivity index (χ3n) is 4.57. The van der Waals surface area contributed by atoms with E-state index in [-0.39, 0.29) is 17.4 Å². The molecule has 31 heavy (non-hydrogen) atoms. The Labute approximate surface area is 178 Å². The van der Waals surface area contributed by atoms with E-state index in [0.717, 1.165) is 37.5 Å². The van der Waals surface area contributed by atoms with E-state index in [1.54, 1.807) is 5.01 Å². The van der Waals surface area contributed by atoms with Crippen molar-refractivity contribution in [2.75, 3.05) is 13.1 Å². The van der Waals surface area contributed by atoms with Gasteiger partial charge in [-0.2, -0.15) is 13.2 Å². The lowest BCUT2D eigenvalue weighted by Crippen LogP contribution is -2.45. The minimum absolute atomic E-state index is 0.213. The van der Waals surface area contributed by atoms with E-state index in [0.29, 0.717) is 19.2 Å². The normalized spacial score (nSPS) is 14.9. The van der Waals surface area contributed by atoms with E-state index in [9.17, 15) is 32.5 Å². The van der Waals surface area contributed by atoms with Gasteiger partial charge in [0.15, 0.2) is 11.6 Å². The SMILES string of the molecule is O=C(NN1CCCCC1)c1cc(Oc2c(F)cc(C(F)(F)F)cc2Cl)ccc1[N+](=O)[O-]. The molecule has 0 saturated carbocycles. The lowest BCUT2D eigenvalue weighted by molar-refractivity contribution is -0.385. The zero-order valence-electron chi connectivity index (χ0n) is 15.8. The largest absolute Gasteiger partial charge is 0.453 e. The zero-order chi connectivity index (χ0) is 22.8. The standard InChI is InChI=1S/C19H16ClF4N3O4/c20-14-8-11(19(22,23)24)9-15(21)17(14)31-12-4-5-16(27(29)30)13(10-12)18(28)25-26-6-2-1-3-7-26/h4-5,8-10H,1-3,6-7H2,(H,25,28). The molecule has 1 aliphatic rings. The first-order valence-electron chi connectivity index (χ1n) is 9.14. The van der Waals surface area contributed by atoms with Crippen molar-refractivity contribution in [1.82, 2.24) is 10.4 Å². The molecule has 1 heterocycles. The van der Waals surface area contributed by atoms with Crippen LogP contribution in [-0.4, -0.2) is 28.9 Å². The van der Waals surface area contributed by atoms with Crippen LogP contribution in [0, 0.1) is 15.9 Å². The van der Waals surface area contributed by atoms with Crippen molar-refractivity contribution in [2.45, 2.75) is 25.4 Å². The van der Waals surface area contributed by atoms with Gasteiger partial charge in [-0.15, -0.1) is 0 Å². The van der Waals surface area contributed by atoms with E-state index in [2.05, 4.69) is 5.43 Å². The van der Waals surface area contributed by atoms with Crippen molar-refractivity contribution >= 4 is 23.2 Å². The molecule has 3 rings (SSSR count). The molecule has 0 bridgehead atoms. The number of alkyl halides is 3. The number of carbonyl (C=O) groups is 1. The number of carbonyl (C=O) groups excluding carboxylic acids is 1. The van der Waals surface area contributed by atoms with Gasteiger partial charge in [0.25, 0.3) is 11.6 Å². The summed E-state index contributed by atoms with van der Waals surface area (Å²) in [6.07, 6.45) is -2.08. The first-order chi connectivity index (χ1) is 14.6. The number of hydrogen-bond donors (Lipinski definition) is 1. The smallest absolute Gasteiger partial charge is 0.416 e. The van der Waals surface area contributed by atoms with Crippen molar-refractivity contribution in [3.8, 4) is 11.5 Å². The van der Waals surface area contributed by atoms with E-state index in [1.807, 2.05) is 0 Å². The van der Waals surface area contributed by atoms with Gasteiger partial charge in [0.1, 0.15) is 11.3 Å². The fourth-order valence-electron chi connectivity index (χ4n) is 3.07. The van der Waals surface area contributed by atoms with Gasteiger partial charge in [0, 0.05) is 25.2 Å². The summed E-state index contributed by atoms with van der Waals surface area (Å²) in [6.45, 7) is 1.17. The van der Waals surface area contributed by atoms with Gasteiger partial charge < -0.3 is 4.74 Å². The maximum absolute atomic E-state index is 14.2. The number of hydrazine groups is 1. The van der Waals surface area contributed by atoms with Gasteiger partial charge in [-0.25, -0.2) is 9.40 Å². The molecule has 0 aromatic heterocycles. The highest BCUT2D eigenvalue weighted by Crippen LogP contribution is 2.39. The predicted octanol–water partition coefficient (Wildman–Crippen LogP) is 5.33. The number of piperidine rings is 1. The molecule has 2 aromatic carbocycles. The first kappa shape index (κ1) is 22.8. The fraction of sp³-hybridized carbons (Fsp3) is 0.316. The molecular weight excluding hydrogens is 446 g/mol. The maximum atomic E-state index is 14.2. The van der Waals surface area contributed by atoms with Gasteiger partial charge in [0.2, 0.25) is 0 Å². The van der Waals surface area contributed by atoms with Crippen LogP contribution in [0.5, 0.6) is 11.5 Å². The van der Waals surface area contributed by atoms with Gasteiger partial charge in [-0.3, -0.25) is 20.3 Å². The molecular formula is C19H16ClF4N3O4. The second-order valence-electron chi connectivity index (χ2n) is 6.79. The zero-order valence-corrected chi connectivity index (χ0v) is 16.6. The summed E-state index contributed by atoms with van der Waals surface area (Å²) in [5.74, 6) is -3.06. The van der Waals surface area contributed by atoms with Gasteiger partial charge in [-0.05, 0) is 31.0 Å². The van der Waals surface area contributed by atoms with Crippen LogP contribution in [0.15, 0.2) is 30.3 Å². The van der Waals surface area contributed by atoms with Gasteiger partial charge in [0.05, 0.1) is 15.5 Å². The van der Waals surface area contributed by atoms with Crippen LogP contribution in [-0.2, 0) is 6.18 Å². The highest BCUT2D eigenvalue weighted by Gasteiger charge is 2.33. The molecule has 0 radical (unpaired) electrons. The maximum Gasteiger partial charge on any atom is 0.416 e. The van der Waals surface area contributed by atoms with Crippen molar-refractivity contribution < 1.29 is 32.0 Å². The number of rotatable bonds is 5. The van der Waals surface area contributed by atoms with Crippen LogP contribution in [0.25, 0.3) is 0 Å². The summed E-state index contributed by atoms with van der Waals surface area (Å²) in [5.41, 5.74) is 0.416. The van der Waals surface area contributed by atoms with Crippen molar-refractivity contribution in [3.63, 3.8) is 0 Å². The molecule has 166 valence electrons. The second kappa shape index (κ2) is 9.06. The lowest BCUT2D eigenvalue weighted by Gasteiger charge is -2.26. The van der Waals surface area contributed by atoms with Gasteiger partial charge >= 0.3 is 6.18 Å². The Balaban J connectivity index is 1.90. The number of nitrogens with zero attached hydrogens (tertiary/aromatic N) is 2. The van der Waals surface area contributed by atoms with E-state index in [4.69, 9.17) is 16.3 Å². The Kier molecular flexibility index (Phi) is 6.65. The van der Waals surface area contributed by atoms with Crippen molar-refractivity contribution in [3.05, 3.63) is 62.4 Å². The van der Waals surface area contributed by atoms with Crippen LogP contribution in [0.1, 0.15) is 35.2 Å². The highest BCUT2D eigenvalue weighted by molar-refractivity contribution is 6.32. The van der Waals surface area contributed by atoms with Crippen LogP contribution in [0.4, 0.5) is 23.2 Å². The summed E-state index contributed by atoms with van der Waals surface area (Å²) in [6, 6.07) is 3.79. The molecule has 7 nitrogen and oxygen atoms in total. The molecule has 1 fully saturated rings. The molecule has 1 amide bonds. The Hall–Kier alpha value is -2.92. The number of nitrogens with one attached hydrogen (secondary N) is 1. The molecule has 0 unspecified atom stereocenters. The number of nitro benzene ring substituents is 1. The Morgan fingerprint density at radius 3 is 2.42 bits per heavy atom. The Morgan fingerprint density at radius 2 is 1.84 bits per heavy atom. The number of ether oxygens (including phenoxy) is 1. The molecule has 2 aromatic rings. The number of nitro groups is 1. The summed E-state index contributed by atoms with van der Waals surface area (Å²) >= 11 is 5.74. The second-order valence-corrected chi connectivity index (χ2v) is 7.20. The lowest BCUT2D eigenvalue weighted by atomic mass is 10.1. The van der Waals surface area contributed by atoms with Crippen molar-refractivity contribution in [2.24, 2.45) is 0 Å². The number of benzene rings is 2. The molecule has 1 aliphatic heterocycles. The molecule has 12 heteroatoms. The third-order valence-corrected chi connectivity index (χ3v) is 4.85. The minimum Gasteiger partial charge on any atom is -0.453 e. The minimum atomic E-state index is -4.81. The number of hydrogen-bond acceptors (Lipinski definition) is 5. The molecule has 0 spiro atoms. The number of halogens is 5. The topological polar surface area (TPSA) is 84.7 Å². The fourth-order valence-corrected chi connectivity index (χ4v) is 3.31. The average Bonchev–Trinajstić information content (AvgIpc) is 2.70. The quantitative estimate of drug-likeness (QED) is 0.369. The van der Waals surface area contributed by atoms with Gasteiger partial charge in [-0.1, -0.05) is 18.0 Å². The summed E-state index contributed by atoms with van der Waals surface area (Å²) < 4.78 is 57.8. The van der Waals surface area contributed by atoms with Crippen LogP contribution >= 0.6 is 11.6 Å². The molecule has 0 aliphatic carbocycles. The highest BCUT2D eigenvalue weighted by atomic mass is 35.5. The predicted molar refractivity (Wildman–Crippen MR) is 102 cm³/mol. The van der Waals surface area contributed by atoms with Crippen LogP contribution in [0.3, 0.4) is 0 Å². The third kappa shape index (κ3) is 5.42. The molecule has 1 saturated heterocycles. The summed E-state index contributed by atoms with van der Waals surface area (Å²) in [4.78, 5) is 23.1. The monoisotopic (exact) mass is 461 g/mol. The summed E-state index contributed by atoms with van der Waals surface area (Å²) in [5, 5.41) is 12.3. The number of amides is 1.